The summed E-state index contributed by atoms with van der Waals surface area (Å²) >= 11 is 0. The van der Waals surface area contributed by atoms with E-state index in [2.05, 4.69) is 18.7 Å². The molecule has 1 aliphatic carbocycles. The molecular weight excluding hydrogens is 198 g/mol. The minimum absolute atomic E-state index is 0.381. The van der Waals surface area contributed by atoms with Crippen LogP contribution in [0.5, 0.6) is 0 Å². The van der Waals surface area contributed by atoms with Crippen molar-refractivity contribution < 1.29 is 4.74 Å². The summed E-state index contributed by atoms with van der Waals surface area (Å²) in [5, 5.41) is 0. The lowest BCUT2D eigenvalue weighted by Gasteiger charge is -2.44. The highest BCUT2D eigenvalue weighted by molar-refractivity contribution is 4.87. The molecule has 2 fully saturated rings. The molecule has 1 saturated heterocycles. The van der Waals surface area contributed by atoms with Gasteiger partial charge in [0.1, 0.15) is 0 Å². The van der Waals surface area contributed by atoms with Crippen molar-refractivity contribution in [2.75, 3.05) is 19.7 Å². The normalized spacial score (nSPS) is 31.7. The summed E-state index contributed by atoms with van der Waals surface area (Å²) in [5.41, 5.74) is 0. The maximum atomic E-state index is 5.68. The SMILES string of the molecule is CC(C)OCCN1CCCC2CCCCC21. The fourth-order valence-corrected chi connectivity index (χ4v) is 3.41. The number of hydrogen-bond acceptors (Lipinski definition) is 2. The molecule has 2 unspecified atom stereocenters. The second kappa shape index (κ2) is 6.02. The molecule has 2 heteroatoms. The van der Waals surface area contributed by atoms with Crippen LogP contribution < -0.4 is 0 Å². The van der Waals surface area contributed by atoms with Crippen molar-refractivity contribution >= 4 is 0 Å². The number of nitrogens with zero attached hydrogens (tertiary/aromatic N) is 1. The summed E-state index contributed by atoms with van der Waals surface area (Å²) in [5.74, 6) is 1.00. The molecule has 0 N–H and O–H groups in total. The van der Waals surface area contributed by atoms with Crippen LogP contribution in [0.4, 0.5) is 0 Å². The molecule has 1 saturated carbocycles. The second-order valence-electron chi connectivity index (χ2n) is 5.71. The summed E-state index contributed by atoms with van der Waals surface area (Å²) in [7, 11) is 0. The maximum Gasteiger partial charge on any atom is 0.0597 e. The Balaban J connectivity index is 1.78. The van der Waals surface area contributed by atoms with Gasteiger partial charge in [0.15, 0.2) is 0 Å². The van der Waals surface area contributed by atoms with Crippen LogP contribution >= 0.6 is 0 Å². The summed E-state index contributed by atoms with van der Waals surface area (Å²) in [6.07, 6.45) is 9.10. The van der Waals surface area contributed by atoms with Gasteiger partial charge in [-0.15, -0.1) is 0 Å². The fraction of sp³-hybridized carbons (Fsp3) is 1.00. The number of ether oxygens (including phenoxy) is 1. The monoisotopic (exact) mass is 225 g/mol. The largest absolute Gasteiger partial charge is 0.377 e. The van der Waals surface area contributed by atoms with E-state index in [0.29, 0.717) is 6.10 Å². The molecule has 94 valence electrons. The van der Waals surface area contributed by atoms with Gasteiger partial charge in [0.05, 0.1) is 12.7 Å². The Labute approximate surface area is 100 Å². The molecule has 0 aromatic heterocycles. The molecule has 2 aliphatic rings. The van der Waals surface area contributed by atoms with E-state index in [4.69, 9.17) is 4.74 Å². The van der Waals surface area contributed by atoms with Gasteiger partial charge in [0, 0.05) is 12.6 Å². The number of hydrogen-bond donors (Lipinski definition) is 0. The Kier molecular flexibility index (Phi) is 4.66. The quantitative estimate of drug-likeness (QED) is 0.729. The number of rotatable bonds is 4. The van der Waals surface area contributed by atoms with E-state index in [1.165, 1.54) is 45.1 Å². The third-order valence-corrected chi connectivity index (χ3v) is 4.19. The molecule has 0 radical (unpaired) electrons. The summed E-state index contributed by atoms with van der Waals surface area (Å²) in [6, 6.07) is 0.887. The minimum atomic E-state index is 0.381. The van der Waals surface area contributed by atoms with E-state index in [1.807, 2.05) is 0 Å². The highest BCUT2D eigenvalue weighted by Gasteiger charge is 2.32. The molecule has 0 aromatic rings. The molecule has 2 rings (SSSR count). The van der Waals surface area contributed by atoms with Gasteiger partial charge in [-0.2, -0.15) is 0 Å². The predicted molar refractivity (Wildman–Crippen MR) is 67.6 cm³/mol. The Bertz CT molecular complexity index is 203. The standard InChI is InChI=1S/C14H27NO/c1-12(2)16-11-10-15-9-5-7-13-6-3-4-8-14(13)15/h12-14H,3-11H2,1-2H3. The van der Waals surface area contributed by atoms with E-state index >= 15 is 0 Å². The van der Waals surface area contributed by atoms with Crippen LogP contribution in [-0.2, 0) is 4.74 Å². The van der Waals surface area contributed by atoms with Gasteiger partial charge < -0.3 is 4.74 Å². The zero-order chi connectivity index (χ0) is 11.4. The zero-order valence-corrected chi connectivity index (χ0v) is 11.0. The third-order valence-electron chi connectivity index (χ3n) is 4.19. The van der Waals surface area contributed by atoms with Crippen LogP contribution in [0.1, 0.15) is 52.4 Å². The molecule has 0 bridgehead atoms. The summed E-state index contributed by atoms with van der Waals surface area (Å²) < 4.78 is 5.68. The van der Waals surface area contributed by atoms with Crippen LogP contribution in [-0.4, -0.2) is 36.7 Å². The Morgan fingerprint density at radius 2 is 1.88 bits per heavy atom. The van der Waals surface area contributed by atoms with Crippen molar-refractivity contribution in [2.45, 2.75) is 64.5 Å². The first-order valence-corrected chi connectivity index (χ1v) is 7.13. The molecule has 2 nitrogen and oxygen atoms in total. The lowest BCUT2D eigenvalue weighted by molar-refractivity contribution is 0.0128. The number of piperidine rings is 1. The number of likely N-dealkylation sites (tertiary alicyclic amines) is 1. The van der Waals surface area contributed by atoms with Gasteiger partial charge in [-0.1, -0.05) is 12.8 Å². The predicted octanol–water partition coefficient (Wildman–Crippen LogP) is 3.07. The van der Waals surface area contributed by atoms with Gasteiger partial charge in [0.2, 0.25) is 0 Å². The molecule has 1 heterocycles. The van der Waals surface area contributed by atoms with Crippen molar-refractivity contribution in [1.82, 2.24) is 4.90 Å². The van der Waals surface area contributed by atoms with Gasteiger partial charge in [0.25, 0.3) is 0 Å². The van der Waals surface area contributed by atoms with Crippen LogP contribution in [0.3, 0.4) is 0 Å². The fourth-order valence-electron chi connectivity index (χ4n) is 3.41. The summed E-state index contributed by atoms with van der Waals surface area (Å²) in [4.78, 5) is 2.70. The van der Waals surface area contributed by atoms with Gasteiger partial charge in [-0.05, 0) is 52.0 Å². The van der Waals surface area contributed by atoms with E-state index in [-0.39, 0.29) is 0 Å². The topological polar surface area (TPSA) is 12.5 Å². The molecule has 16 heavy (non-hydrogen) atoms. The lowest BCUT2D eigenvalue weighted by atomic mass is 9.78. The molecule has 0 spiro atoms. The second-order valence-corrected chi connectivity index (χ2v) is 5.71. The van der Waals surface area contributed by atoms with Crippen molar-refractivity contribution in [3.63, 3.8) is 0 Å². The minimum Gasteiger partial charge on any atom is -0.377 e. The summed E-state index contributed by atoms with van der Waals surface area (Å²) in [6.45, 7) is 7.63. The Morgan fingerprint density at radius 1 is 1.12 bits per heavy atom. The van der Waals surface area contributed by atoms with Crippen molar-refractivity contribution in [3.8, 4) is 0 Å². The average Bonchev–Trinajstić information content (AvgIpc) is 2.29. The van der Waals surface area contributed by atoms with Gasteiger partial charge in [-0.3, -0.25) is 4.90 Å². The first-order chi connectivity index (χ1) is 7.77. The molecule has 0 amide bonds. The van der Waals surface area contributed by atoms with E-state index < -0.39 is 0 Å². The van der Waals surface area contributed by atoms with Crippen molar-refractivity contribution in [2.24, 2.45) is 5.92 Å². The van der Waals surface area contributed by atoms with Gasteiger partial charge >= 0.3 is 0 Å². The van der Waals surface area contributed by atoms with Crippen molar-refractivity contribution in [3.05, 3.63) is 0 Å². The highest BCUT2D eigenvalue weighted by atomic mass is 16.5. The highest BCUT2D eigenvalue weighted by Crippen LogP contribution is 2.34. The van der Waals surface area contributed by atoms with E-state index in [1.54, 1.807) is 0 Å². The Hall–Kier alpha value is -0.0800. The molecule has 2 atom stereocenters. The number of fused-ring (bicyclic) bond motifs is 1. The zero-order valence-electron chi connectivity index (χ0n) is 11.0. The maximum absolute atomic E-state index is 5.68. The molecule has 1 aliphatic heterocycles. The first kappa shape index (κ1) is 12.4. The average molecular weight is 225 g/mol. The molecule has 0 aromatic carbocycles. The van der Waals surface area contributed by atoms with Crippen molar-refractivity contribution in [1.29, 1.82) is 0 Å². The van der Waals surface area contributed by atoms with E-state index in [9.17, 15) is 0 Å². The van der Waals surface area contributed by atoms with Crippen LogP contribution in [0.25, 0.3) is 0 Å². The van der Waals surface area contributed by atoms with Crippen LogP contribution in [0, 0.1) is 5.92 Å². The smallest absolute Gasteiger partial charge is 0.0597 e. The third kappa shape index (κ3) is 3.21. The van der Waals surface area contributed by atoms with Crippen LogP contribution in [0.2, 0.25) is 0 Å². The Morgan fingerprint density at radius 3 is 2.69 bits per heavy atom. The van der Waals surface area contributed by atoms with Crippen LogP contribution in [0.15, 0.2) is 0 Å². The molecular formula is C14H27NO. The van der Waals surface area contributed by atoms with E-state index in [0.717, 1.165) is 25.1 Å². The lowest BCUT2D eigenvalue weighted by Crippen LogP contribution is -2.48. The van der Waals surface area contributed by atoms with Gasteiger partial charge in [-0.25, -0.2) is 0 Å². The first-order valence-electron chi connectivity index (χ1n) is 7.13.